The van der Waals surface area contributed by atoms with E-state index in [0.717, 1.165) is 44.9 Å². The Balaban J connectivity index is 1.90. The molecule has 0 aromatic carbocycles. The topological polar surface area (TPSA) is 85.4 Å². The molecule has 1 rings (SSSR count). The second-order valence-electron chi connectivity index (χ2n) is 12.4. The Bertz CT molecular complexity index is 773. The second-order valence-corrected chi connectivity index (χ2v) is 12.4. The molecule has 1 fully saturated rings. The van der Waals surface area contributed by atoms with Gasteiger partial charge in [-0.2, -0.15) is 0 Å². The first-order valence-corrected chi connectivity index (χ1v) is 18.2. The van der Waals surface area contributed by atoms with Gasteiger partial charge in [0.2, 0.25) is 0 Å². The fraction of sp³-hybridized carbons (Fsp3) is 0.789. The Morgan fingerprint density at radius 1 is 0.614 bits per heavy atom. The van der Waals surface area contributed by atoms with Gasteiger partial charge in [0.25, 0.3) is 0 Å². The molecule has 1 aliphatic heterocycles. The lowest BCUT2D eigenvalue weighted by Crippen LogP contribution is -2.25. The molecule has 0 aromatic rings. The van der Waals surface area contributed by atoms with Gasteiger partial charge in [-0.05, 0) is 51.4 Å². The van der Waals surface area contributed by atoms with Gasteiger partial charge in [-0.3, -0.25) is 9.59 Å². The number of carbonyl (C=O) groups is 2. The van der Waals surface area contributed by atoms with Crippen molar-refractivity contribution in [1.82, 2.24) is 0 Å². The largest absolute Gasteiger partial charge is 0.463 e. The molecular weight excluding hydrogens is 552 g/mol. The summed E-state index contributed by atoms with van der Waals surface area (Å²) in [6, 6.07) is 0. The van der Waals surface area contributed by atoms with Gasteiger partial charge in [-0.25, -0.2) is 0 Å². The number of epoxide rings is 1. The highest BCUT2D eigenvalue weighted by Crippen LogP contribution is 2.30. The standard InChI is InChI=1S/C38H66O6/c1-3-5-7-9-11-13-15-17-19-21-23-25-28-35-36(44-35)29-27-31-38(41)43-33-34(39)32-42-37(40)30-26-24-22-20-18-16-14-12-10-8-6-4-2/h11,13,17,19,23,25,34-36,39H,3-10,12,14-16,18,20-22,24,26-33H2,1-2H3/b13-11-,19-17-,25-23-/t34-,35?,36?/m1/s1. The fourth-order valence-corrected chi connectivity index (χ4v) is 5.17. The zero-order valence-electron chi connectivity index (χ0n) is 28.4. The number of carbonyl (C=O) groups excluding carboxylic acids is 2. The van der Waals surface area contributed by atoms with Gasteiger partial charge < -0.3 is 19.3 Å². The molecule has 1 N–H and O–H groups in total. The van der Waals surface area contributed by atoms with Crippen molar-refractivity contribution in [2.24, 2.45) is 0 Å². The Labute approximate surface area is 270 Å². The van der Waals surface area contributed by atoms with Crippen LogP contribution in [0.5, 0.6) is 0 Å². The molecule has 6 heteroatoms. The number of hydrogen-bond acceptors (Lipinski definition) is 6. The van der Waals surface area contributed by atoms with Crippen LogP contribution in [0.4, 0.5) is 0 Å². The number of allylic oxidation sites excluding steroid dienone is 5. The highest BCUT2D eigenvalue weighted by atomic mass is 16.6. The minimum atomic E-state index is -0.991. The van der Waals surface area contributed by atoms with Crippen molar-refractivity contribution in [1.29, 1.82) is 0 Å². The molecule has 44 heavy (non-hydrogen) atoms. The van der Waals surface area contributed by atoms with Gasteiger partial charge in [0.1, 0.15) is 19.3 Å². The van der Waals surface area contributed by atoms with Crippen LogP contribution in [0.15, 0.2) is 36.5 Å². The zero-order chi connectivity index (χ0) is 31.9. The van der Waals surface area contributed by atoms with E-state index < -0.39 is 6.10 Å². The molecule has 3 atom stereocenters. The number of esters is 2. The number of rotatable bonds is 31. The van der Waals surface area contributed by atoms with Gasteiger partial charge >= 0.3 is 11.9 Å². The molecule has 0 amide bonds. The molecule has 0 saturated carbocycles. The van der Waals surface area contributed by atoms with Crippen molar-refractivity contribution in [2.45, 2.75) is 180 Å². The molecule has 254 valence electrons. The van der Waals surface area contributed by atoms with Gasteiger partial charge in [-0.1, -0.05) is 134 Å². The summed E-state index contributed by atoms with van der Waals surface area (Å²) in [6.07, 6.45) is 37.9. The summed E-state index contributed by atoms with van der Waals surface area (Å²) in [6.45, 7) is 4.19. The predicted octanol–water partition coefficient (Wildman–Crippen LogP) is 9.88. The van der Waals surface area contributed by atoms with Crippen LogP contribution in [0.3, 0.4) is 0 Å². The van der Waals surface area contributed by atoms with Gasteiger partial charge in [0, 0.05) is 12.8 Å². The van der Waals surface area contributed by atoms with E-state index in [9.17, 15) is 14.7 Å². The number of aliphatic hydroxyl groups is 1. The maximum absolute atomic E-state index is 12.0. The summed E-state index contributed by atoms with van der Waals surface area (Å²) in [7, 11) is 0. The van der Waals surface area contributed by atoms with Crippen LogP contribution >= 0.6 is 0 Å². The average Bonchev–Trinajstić information content (AvgIpc) is 3.77. The Morgan fingerprint density at radius 2 is 1.09 bits per heavy atom. The maximum Gasteiger partial charge on any atom is 0.305 e. The van der Waals surface area contributed by atoms with E-state index in [1.165, 1.54) is 83.5 Å². The number of aliphatic hydroxyl groups excluding tert-OH is 1. The lowest BCUT2D eigenvalue weighted by molar-refractivity contribution is -0.152. The summed E-state index contributed by atoms with van der Waals surface area (Å²) in [4.78, 5) is 23.9. The van der Waals surface area contributed by atoms with Crippen LogP contribution < -0.4 is 0 Å². The van der Waals surface area contributed by atoms with E-state index in [4.69, 9.17) is 14.2 Å². The Hall–Kier alpha value is -1.92. The highest BCUT2D eigenvalue weighted by Gasteiger charge is 2.36. The summed E-state index contributed by atoms with van der Waals surface area (Å²) >= 11 is 0. The summed E-state index contributed by atoms with van der Waals surface area (Å²) in [5, 5.41) is 10.0. The minimum absolute atomic E-state index is 0.137. The van der Waals surface area contributed by atoms with Crippen LogP contribution in [-0.2, 0) is 23.8 Å². The lowest BCUT2D eigenvalue weighted by atomic mass is 10.0. The van der Waals surface area contributed by atoms with Crippen molar-refractivity contribution in [3.8, 4) is 0 Å². The average molecular weight is 619 g/mol. The van der Waals surface area contributed by atoms with Crippen LogP contribution in [0, 0.1) is 0 Å². The van der Waals surface area contributed by atoms with Crippen molar-refractivity contribution < 1.29 is 28.9 Å². The molecule has 0 radical (unpaired) electrons. The Kier molecular flexibility index (Phi) is 27.1. The molecule has 6 nitrogen and oxygen atoms in total. The van der Waals surface area contributed by atoms with Crippen LogP contribution in [-0.4, -0.2) is 48.6 Å². The molecule has 0 bridgehead atoms. The SMILES string of the molecule is CCCCC/C=C\C/C=C\C/C=C\CC1OC1CCCC(=O)OC[C@H](O)COC(=O)CCCCCCCCCCCCCC. The van der Waals surface area contributed by atoms with Gasteiger partial charge in [0.15, 0.2) is 0 Å². The fourth-order valence-electron chi connectivity index (χ4n) is 5.17. The molecule has 0 aliphatic carbocycles. The second kappa shape index (κ2) is 29.8. The molecule has 1 aliphatic rings. The van der Waals surface area contributed by atoms with E-state index in [-0.39, 0.29) is 37.4 Å². The quantitative estimate of drug-likeness (QED) is 0.0360. The molecule has 0 aromatic heterocycles. The summed E-state index contributed by atoms with van der Waals surface area (Å²) < 4.78 is 16.0. The van der Waals surface area contributed by atoms with Gasteiger partial charge in [-0.15, -0.1) is 0 Å². The van der Waals surface area contributed by atoms with E-state index in [1.807, 2.05) is 0 Å². The first-order chi connectivity index (χ1) is 21.6. The van der Waals surface area contributed by atoms with E-state index in [2.05, 4.69) is 50.3 Å². The molecule has 1 saturated heterocycles. The lowest BCUT2D eigenvalue weighted by Gasteiger charge is -2.12. The summed E-state index contributed by atoms with van der Waals surface area (Å²) in [5.41, 5.74) is 0. The number of ether oxygens (including phenoxy) is 3. The first-order valence-electron chi connectivity index (χ1n) is 18.2. The van der Waals surface area contributed by atoms with Crippen LogP contribution in [0.1, 0.15) is 162 Å². The van der Waals surface area contributed by atoms with Crippen molar-refractivity contribution >= 4 is 11.9 Å². The number of hydrogen-bond donors (Lipinski definition) is 1. The Morgan fingerprint density at radius 3 is 1.68 bits per heavy atom. The smallest absolute Gasteiger partial charge is 0.305 e. The molecular formula is C38H66O6. The third kappa shape index (κ3) is 26.5. The van der Waals surface area contributed by atoms with Crippen molar-refractivity contribution in [2.75, 3.05) is 13.2 Å². The zero-order valence-corrected chi connectivity index (χ0v) is 28.4. The van der Waals surface area contributed by atoms with Crippen molar-refractivity contribution in [3.63, 3.8) is 0 Å². The third-order valence-electron chi connectivity index (χ3n) is 8.05. The van der Waals surface area contributed by atoms with E-state index in [1.54, 1.807) is 0 Å². The predicted molar refractivity (Wildman–Crippen MR) is 182 cm³/mol. The number of unbranched alkanes of at least 4 members (excludes halogenated alkanes) is 14. The minimum Gasteiger partial charge on any atom is -0.463 e. The van der Waals surface area contributed by atoms with Crippen molar-refractivity contribution in [3.05, 3.63) is 36.5 Å². The first kappa shape index (κ1) is 40.1. The summed E-state index contributed by atoms with van der Waals surface area (Å²) in [5.74, 6) is -0.639. The third-order valence-corrected chi connectivity index (χ3v) is 8.05. The van der Waals surface area contributed by atoms with E-state index in [0.29, 0.717) is 19.3 Å². The molecule has 0 spiro atoms. The van der Waals surface area contributed by atoms with Crippen LogP contribution in [0.2, 0.25) is 0 Å². The molecule has 2 unspecified atom stereocenters. The van der Waals surface area contributed by atoms with E-state index >= 15 is 0 Å². The van der Waals surface area contributed by atoms with Crippen LogP contribution in [0.25, 0.3) is 0 Å². The highest BCUT2D eigenvalue weighted by molar-refractivity contribution is 5.69. The van der Waals surface area contributed by atoms with Gasteiger partial charge in [0.05, 0.1) is 12.2 Å². The monoisotopic (exact) mass is 618 g/mol. The normalized spacial score (nSPS) is 17.2. The molecule has 1 heterocycles. The maximum atomic E-state index is 12.0.